The maximum atomic E-state index is 13.9. The van der Waals surface area contributed by atoms with Crippen molar-refractivity contribution in [2.75, 3.05) is 18.4 Å². The number of aromatic nitrogens is 4. The van der Waals surface area contributed by atoms with Gasteiger partial charge in [0.1, 0.15) is 5.67 Å². The van der Waals surface area contributed by atoms with Gasteiger partial charge in [0.05, 0.1) is 34.7 Å². The van der Waals surface area contributed by atoms with Crippen LogP contribution in [0.25, 0.3) is 16.8 Å². The van der Waals surface area contributed by atoms with Gasteiger partial charge in [0.15, 0.2) is 0 Å². The summed E-state index contributed by atoms with van der Waals surface area (Å²) in [4.78, 5) is 28.1. The summed E-state index contributed by atoms with van der Waals surface area (Å²) < 4.78 is 41.3. The maximum absolute atomic E-state index is 13.9. The van der Waals surface area contributed by atoms with Gasteiger partial charge in [0, 0.05) is 48.9 Å². The molecule has 3 atom stereocenters. The largest absolute Gasteiger partial charge is 0.350 e. The summed E-state index contributed by atoms with van der Waals surface area (Å²) in [5.74, 6) is -0.276. The topological polar surface area (TPSA) is 87.8 Å². The normalized spacial score (nSPS) is 25.1. The number of fused-ring (bicyclic) bond motifs is 2. The molecule has 6 rings (SSSR count). The number of carbonyl (C=O) groups is 1. The van der Waals surface area contributed by atoms with Crippen molar-refractivity contribution in [1.29, 1.82) is 0 Å². The Bertz CT molecular complexity index is 1410. The molecule has 0 radical (unpaired) electrons. The van der Waals surface area contributed by atoms with Gasteiger partial charge in [-0.05, 0) is 57.7 Å². The molecular formula is C27H30F3N7O. The zero-order valence-electron chi connectivity index (χ0n) is 21.4. The van der Waals surface area contributed by atoms with E-state index in [1.807, 2.05) is 31.3 Å². The van der Waals surface area contributed by atoms with Crippen molar-refractivity contribution in [3.8, 4) is 11.3 Å². The molecule has 3 aromatic rings. The number of pyridine rings is 1. The molecule has 5 heterocycles. The van der Waals surface area contributed by atoms with Gasteiger partial charge < -0.3 is 10.2 Å². The Morgan fingerprint density at radius 3 is 2.71 bits per heavy atom. The summed E-state index contributed by atoms with van der Waals surface area (Å²) in [7, 11) is 0. The lowest BCUT2D eigenvalue weighted by molar-refractivity contribution is -0.134. The molecular weight excluding hydrogens is 495 g/mol. The smallest absolute Gasteiger partial charge is 0.241 e. The summed E-state index contributed by atoms with van der Waals surface area (Å²) >= 11 is 0. The van der Waals surface area contributed by atoms with E-state index in [0.717, 1.165) is 46.7 Å². The van der Waals surface area contributed by atoms with Crippen molar-refractivity contribution in [2.24, 2.45) is 10.9 Å². The first-order valence-electron chi connectivity index (χ1n) is 13.1. The highest BCUT2D eigenvalue weighted by molar-refractivity contribution is 5.96. The SMILES string of the molecule is CC1=Nc2ccc(-c3ccn4nc(NC5CCN(C(=O)[C@@H]6CC6(C)F)CC5)ncc34)nc2C1CCC(F)F. The molecule has 2 unspecified atom stereocenters. The standard InChI is InChI=1S/C27H30F3N7O/c1-15-17(3-6-23(28)29)24-21(32-15)5-4-20(34-24)18-9-12-37-22(18)14-31-26(35-37)33-16-7-10-36(11-8-16)25(38)19-13-27(19,2)30/h4-5,9,12,14,16-17,19,23H,3,6-8,10-11,13H2,1-2H3,(H,33,35)/t17?,19-,27?/m0/s1. The van der Waals surface area contributed by atoms with Crippen molar-refractivity contribution in [2.45, 2.75) is 70.0 Å². The highest BCUT2D eigenvalue weighted by atomic mass is 19.3. The van der Waals surface area contributed by atoms with Crippen molar-refractivity contribution in [3.05, 3.63) is 36.3 Å². The number of halogens is 3. The molecule has 3 aromatic heterocycles. The molecule has 2 fully saturated rings. The summed E-state index contributed by atoms with van der Waals surface area (Å²) in [5.41, 5.74) is 3.30. The van der Waals surface area contributed by atoms with Crippen LogP contribution >= 0.6 is 0 Å². The molecule has 200 valence electrons. The van der Waals surface area contributed by atoms with Crippen molar-refractivity contribution in [1.82, 2.24) is 24.5 Å². The molecule has 1 saturated heterocycles. The molecule has 2 aliphatic heterocycles. The molecule has 1 aliphatic carbocycles. The lowest BCUT2D eigenvalue weighted by atomic mass is 9.95. The number of alkyl halides is 3. The Morgan fingerprint density at radius 1 is 1.24 bits per heavy atom. The van der Waals surface area contributed by atoms with E-state index < -0.39 is 18.0 Å². The van der Waals surface area contributed by atoms with Gasteiger partial charge >= 0.3 is 0 Å². The van der Waals surface area contributed by atoms with E-state index in [1.54, 1.807) is 15.6 Å². The van der Waals surface area contributed by atoms with Crippen LogP contribution in [0.5, 0.6) is 0 Å². The summed E-state index contributed by atoms with van der Waals surface area (Å²) in [6.45, 7) is 4.53. The number of amides is 1. The number of carbonyl (C=O) groups excluding carboxylic acids is 1. The van der Waals surface area contributed by atoms with Crippen LogP contribution in [-0.4, -0.2) is 67.3 Å². The Hall–Kier alpha value is -3.50. The van der Waals surface area contributed by atoms with E-state index >= 15 is 0 Å². The Labute approximate surface area is 218 Å². The van der Waals surface area contributed by atoms with E-state index in [4.69, 9.17) is 4.98 Å². The van der Waals surface area contributed by atoms with Crippen LogP contribution in [0.3, 0.4) is 0 Å². The van der Waals surface area contributed by atoms with E-state index in [1.165, 1.54) is 6.92 Å². The minimum absolute atomic E-state index is 0.0757. The first-order chi connectivity index (χ1) is 18.2. The molecule has 1 saturated carbocycles. The maximum Gasteiger partial charge on any atom is 0.241 e. The third-order valence-corrected chi connectivity index (χ3v) is 8.01. The molecule has 1 amide bonds. The molecule has 0 spiro atoms. The Kier molecular flexibility index (Phi) is 6.11. The molecule has 0 bridgehead atoms. The van der Waals surface area contributed by atoms with Crippen LogP contribution in [0.15, 0.2) is 35.6 Å². The predicted octanol–water partition coefficient (Wildman–Crippen LogP) is 5.18. The highest BCUT2D eigenvalue weighted by Gasteiger charge is 2.57. The summed E-state index contributed by atoms with van der Waals surface area (Å²) in [5, 5.41) is 7.97. The second-order valence-corrected chi connectivity index (χ2v) is 10.8. The van der Waals surface area contributed by atoms with Gasteiger partial charge in [0.2, 0.25) is 18.3 Å². The zero-order valence-corrected chi connectivity index (χ0v) is 21.4. The third-order valence-electron chi connectivity index (χ3n) is 8.01. The van der Waals surface area contributed by atoms with Gasteiger partial charge in [0.25, 0.3) is 0 Å². The lowest BCUT2D eigenvalue weighted by Gasteiger charge is -2.32. The minimum atomic E-state index is -2.35. The number of rotatable bonds is 7. The fourth-order valence-electron chi connectivity index (χ4n) is 5.59. The number of aliphatic imine (C=N–C) groups is 1. The van der Waals surface area contributed by atoms with Crippen molar-refractivity contribution < 1.29 is 18.0 Å². The molecule has 0 aromatic carbocycles. The Balaban J connectivity index is 1.13. The number of nitrogens with one attached hydrogen (secondary N) is 1. The Morgan fingerprint density at radius 2 is 2.00 bits per heavy atom. The van der Waals surface area contributed by atoms with E-state index in [2.05, 4.69) is 20.4 Å². The van der Waals surface area contributed by atoms with Crippen molar-refractivity contribution in [3.63, 3.8) is 0 Å². The predicted molar refractivity (Wildman–Crippen MR) is 138 cm³/mol. The number of nitrogens with zero attached hydrogens (tertiary/aromatic N) is 6. The number of anilines is 1. The van der Waals surface area contributed by atoms with Gasteiger partial charge in [-0.1, -0.05) is 0 Å². The lowest BCUT2D eigenvalue weighted by Crippen LogP contribution is -2.43. The summed E-state index contributed by atoms with van der Waals surface area (Å²) in [6.07, 6.45) is 3.17. The highest BCUT2D eigenvalue weighted by Crippen LogP contribution is 2.48. The monoisotopic (exact) mass is 525 g/mol. The van der Waals surface area contributed by atoms with Gasteiger partial charge in [-0.3, -0.25) is 9.79 Å². The van der Waals surface area contributed by atoms with Crippen LogP contribution in [0.1, 0.15) is 57.6 Å². The average molecular weight is 526 g/mol. The number of piperidine rings is 1. The van der Waals surface area contributed by atoms with Crippen LogP contribution in [-0.2, 0) is 4.79 Å². The minimum Gasteiger partial charge on any atom is -0.350 e. The second-order valence-electron chi connectivity index (χ2n) is 10.8. The quantitative estimate of drug-likeness (QED) is 0.460. The fraction of sp³-hybridized carbons (Fsp3) is 0.519. The van der Waals surface area contributed by atoms with Gasteiger partial charge in [-0.25, -0.2) is 27.7 Å². The van der Waals surface area contributed by atoms with Gasteiger partial charge in [-0.2, -0.15) is 0 Å². The van der Waals surface area contributed by atoms with Crippen molar-refractivity contribution >= 4 is 28.8 Å². The van der Waals surface area contributed by atoms with E-state index in [0.29, 0.717) is 31.9 Å². The van der Waals surface area contributed by atoms with Crippen LogP contribution in [0, 0.1) is 5.92 Å². The number of hydrogen-bond donors (Lipinski definition) is 1. The molecule has 8 nitrogen and oxygen atoms in total. The second kappa shape index (κ2) is 9.36. The third kappa shape index (κ3) is 4.63. The van der Waals surface area contributed by atoms with E-state index in [9.17, 15) is 18.0 Å². The number of likely N-dealkylation sites (tertiary alicyclic amines) is 1. The molecule has 11 heteroatoms. The van der Waals surface area contributed by atoms with Crippen LogP contribution in [0.2, 0.25) is 0 Å². The first-order valence-corrected chi connectivity index (χ1v) is 13.1. The summed E-state index contributed by atoms with van der Waals surface area (Å²) in [6, 6.07) is 5.81. The van der Waals surface area contributed by atoms with Gasteiger partial charge in [-0.15, -0.1) is 5.10 Å². The first kappa shape index (κ1) is 24.8. The van der Waals surface area contributed by atoms with Crippen LogP contribution < -0.4 is 5.32 Å². The molecule has 1 N–H and O–H groups in total. The molecule has 38 heavy (non-hydrogen) atoms. The average Bonchev–Trinajstić information content (AvgIpc) is 3.20. The fourth-order valence-corrected chi connectivity index (χ4v) is 5.59. The zero-order chi connectivity index (χ0) is 26.6. The van der Waals surface area contributed by atoms with E-state index in [-0.39, 0.29) is 24.3 Å². The molecule has 3 aliphatic rings. The number of hydrogen-bond acceptors (Lipinski definition) is 6. The van der Waals surface area contributed by atoms with Crippen LogP contribution in [0.4, 0.5) is 24.8 Å².